The minimum atomic E-state index is -0.723. The summed E-state index contributed by atoms with van der Waals surface area (Å²) in [5.74, 6) is -0.704. The number of nitriles is 1. The topological polar surface area (TPSA) is 76.1 Å². The molecule has 1 atom stereocenters. The Kier molecular flexibility index (Phi) is 5.67. The molecule has 0 amide bonds. The summed E-state index contributed by atoms with van der Waals surface area (Å²) in [4.78, 5) is 12.3. The Morgan fingerprint density at radius 2 is 1.57 bits per heavy atom. The van der Waals surface area contributed by atoms with Gasteiger partial charge in [0.05, 0.1) is 0 Å². The summed E-state index contributed by atoms with van der Waals surface area (Å²) in [5.41, 5.74) is 7.71. The Bertz CT molecular complexity index is 689. The Morgan fingerprint density at radius 3 is 1.96 bits per heavy atom. The average molecular weight is 306 g/mol. The number of benzene rings is 2. The highest BCUT2D eigenvalue weighted by Crippen LogP contribution is 2.27. The Morgan fingerprint density at radius 1 is 1.09 bits per heavy atom. The fraction of sp³-hybridized carbons (Fsp3) is 0.158. The predicted molar refractivity (Wildman–Crippen MR) is 88.9 cm³/mol. The molecule has 2 N–H and O–H groups in total. The number of nitrogens with two attached hydrogens (primary N) is 1. The van der Waals surface area contributed by atoms with Crippen molar-refractivity contribution < 1.29 is 9.53 Å². The first-order chi connectivity index (χ1) is 11.2. The maximum atomic E-state index is 12.3. The van der Waals surface area contributed by atoms with E-state index in [1.54, 1.807) is 0 Å². The molecule has 4 nitrogen and oxygen atoms in total. The number of ether oxygens (including phenoxy) is 1. The highest BCUT2D eigenvalue weighted by Gasteiger charge is 2.21. The summed E-state index contributed by atoms with van der Waals surface area (Å²) < 4.78 is 5.13. The zero-order chi connectivity index (χ0) is 16.7. The van der Waals surface area contributed by atoms with Gasteiger partial charge in [0.2, 0.25) is 0 Å². The fourth-order valence-corrected chi connectivity index (χ4v) is 2.15. The molecule has 116 valence electrons. The van der Waals surface area contributed by atoms with Crippen LogP contribution in [0.5, 0.6) is 0 Å². The van der Waals surface area contributed by atoms with E-state index < -0.39 is 12.2 Å². The van der Waals surface area contributed by atoms with Crippen molar-refractivity contribution in [2.45, 2.75) is 19.6 Å². The lowest BCUT2D eigenvalue weighted by Crippen LogP contribution is -2.27. The number of rotatable bonds is 5. The van der Waals surface area contributed by atoms with Gasteiger partial charge in [-0.05, 0) is 17.5 Å². The summed E-state index contributed by atoms with van der Waals surface area (Å²) in [6.45, 7) is 1.81. The maximum absolute atomic E-state index is 12.3. The predicted octanol–water partition coefficient (Wildman–Crippen LogP) is 3.25. The minimum Gasteiger partial charge on any atom is -0.443 e. The van der Waals surface area contributed by atoms with Gasteiger partial charge in [-0.1, -0.05) is 67.6 Å². The highest BCUT2D eigenvalue weighted by molar-refractivity contribution is 6.05. The normalized spacial score (nSPS) is 11.2. The Hall–Kier alpha value is -2.90. The zero-order valence-electron chi connectivity index (χ0n) is 12.9. The summed E-state index contributed by atoms with van der Waals surface area (Å²) in [5, 5.41) is 9.53. The second-order valence-electron chi connectivity index (χ2n) is 4.95. The zero-order valence-corrected chi connectivity index (χ0v) is 12.9. The molecule has 23 heavy (non-hydrogen) atoms. The molecule has 0 bridgehead atoms. The molecule has 2 rings (SSSR count). The van der Waals surface area contributed by atoms with Crippen molar-refractivity contribution in [1.29, 1.82) is 5.26 Å². The minimum absolute atomic E-state index is 0.0497. The molecular formula is C19H18N2O2. The van der Waals surface area contributed by atoms with E-state index in [4.69, 9.17) is 10.5 Å². The fourth-order valence-electron chi connectivity index (χ4n) is 2.15. The number of hydrogen-bond acceptors (Lipinski definition) is 4. The van der Waals surface area contributed by atoms with Crippen LogP contribution in [0.3, 0.4) is 0 Å². The van der Waals surface area contributed by atoms with Crippen LogP contribution < -0.4 is 5.73 Å². The number of carbonyl (C=O) groups is 1. The van der Waals surface area contributed by atoms with Crippen molar-refractivity contribution in [1.82, 2.24) is 0 Å². The average Bonchev–Trinajstić information content (AvgIpc) is 2.60. The number of esters is 1. The van der Waals surface area contributed by atoms with E-state index >= 15 is 0 Å². The van der Waals surface area contributed by atoms with Crippen molar-refractivity contribution in [3.63, 3.8) is 0 Å². The van der Waals surface area contributed by atoms with Gasteiger partial charge in [0, 0.05) is 5.57 Å². The van der Waals surface area contributed by atoms with Gasteiger partial charge in [-0.15, -0.1) is 0 Å². The third-order valence-electron chi connectivity index (χ3n) is 3.35. The van der Waals surface area contributed by atoms with E-state index in [0.717, 1.165) is 11.1 Å². The summed E-state index contributed by atoms with van der Waals surface area (Å²) in [7, 11) is 0. The first-order valence-electron chi connectivity index (χ1n) is 7.39. The summed E-state index contributed by atoms with van der Waals surface area (Å²) in [6.07, 6.45) is -0.241. The first-order valence-corrected chi connectivity index (χ1v) is 7.39. The van der Waals surface area contributed by atoms with E-state index in [-0.39, 0.29) is 5.57 Å². The lowest BCUT2D eigenvalue weighted by molar-refractivity contribution is -0.143. The van der Waals surface area contributed by atoms with Crippen LogP contribution in [0.1, 0.15) is 24.5 Å². The van der Waals surface area contributed by atoms with Crippen molar-refractivity contribution in [3.8, 4) is 6.07 Å². The summed E-state index contributed by atoms with van der Waals surface area (Å²) in [6, 6.07) is 20.6. The molecule has 4 heteroatoms. The number of hydrogen-bond donors (Lipinski definition) is 1. The van der Waals surface area contributed by atoms with E-state index in [2.05, 4.69) is 0 Å². The van der Waals surface area contributed by atoms with Crippen LogP contribution in [-0.2, 0) is 9.53 Å². The SMILES string of the molecule is CCC(N)OC(=O)C(C#N)=C(c1ccccc1)c1ccccc1. The van der Waals surface area contributed by atoms with Crippen LogP contribution in [-0.4, -0.2) is 12.2 Å². The van der Waals surface area contributed by atoms with Gasteiger partial charge in [-0.3, -0.25) is 5.73 Å². The number of nitrogens with zero attached hydrogens (tertiary/aromatic N) is 1. The molecule has 2 aromatic rings. The molecule has 0 aliphatic carbocycles. The van der Waals surface area contributed by atoms with Crippen LogP contribution in [0.2, 0.25) is 0 Å². The van der Waals surface area contributed by atoms with Gasteiger partial charge in [-0.25, -0.2) is 4.79 Å². The third kappa shape index (κ3) is 4.06. The maximum Gasteiger partial charge on any atom is 0.351 e. The number of carbonyl (C=O) groups excluding carboxylic acids is 1. The molecule has 2 aromatic carbocycles. The first kappa shape index (κ1) is 16.5. The molecule has 0 aromatic heterocycles. The highest BCUT2D eigenvalue weighted by atomic mass is 16.6. The second kappa shape index (κ2) is 7.92. The van der Waals surface area contributed by atoms with Crippen molar-refractivity contribution in [2.75, 3.05) is 0 Å². The van der Waals surface area contributed by atoms with Crippen molar-refractivity contribution in [3.05, 3.63) is 77.4 Å². The molecule has 0 heterocycles. The lowest BCUT2D eigenvalue weighted by atomic mass is 9.93. The molecular weight excluding hydrogens is 288 g/mol. The van der Waals surface area contributed by atoms with Crippen molar-refractivity contribution in [2.24, 2.45) is 5.73 Å². The molecule has 0 saturated carbocycles. The van der Waals surface area contributed by atoms with Crippen LogP contribution in [0.4, 0.5) is 0 Å². The molecule has 0 saturated heterocycles. The van der Waals surface area contributed by atoms with Gasteiger partial charge in [-0.2, -0.15) is 5.26 Å². The Balaban J connectivity index is 2.59. The van der Waals surface area contributed by atoms with E-state index in [1.807, 2.05) is 73.7 Å². The molecule has 0 radical (unpaired) electrons. The third-order valence-corrected chi connectivity index (χ3v) is 3.35. The molecule has 0 fully saturated rings. The van der Waals surface area contributed by atoms with Crippen LogP contribution in [0, 0.1) is 11.3 Å². The van der Waals surface area contributed by atoms with Gasteiger partial charge in [0.1, 0.15) is 11.6 Å². The van der Waals surface area contributed by atoms with Crippen LogP contribution in [0.15, 0.2) is 66.2 Å². The second-order valence-corrected chi connectivity index (χ2v) is 4.95. The largest absolute Gasteiger partial charge is 0.443 e. The van der Waals surface area contributed by atoms with Gasteiger partial charge < -0.3 is 4.74 Å². The molecule has 0 spiro atoms. The Labute approximate surface area is 135 Å². The van der Waals surface area contributed by atoms with Crippen LogP contribution in [0.25, 0.3) is 5.57 Å². The van der Waals surface area contributed by atoms with Gasteiger partial charge in [0.25, 0.3) is 0 Å². The molecule has 0 aliphatic rings. The molecule has 1 unspecified atom stereocenters. The van der Waals surface area contributed by atoms with Gasteiger partial charge >= 0.3 is 5.97 Å². The van der Waals surface area contributed by atoms with Crippen LogP contribution >= 0.6 is 0 Å². The standard InChI is InChI=1S/C19H18N2O2/c1-2-17(21)23-19(22)16(13-20)18(14-9-5-3-6-10-14)15-11-7-4-8-12-15/h3-12,17H,2,21H2,1H3. The smallest absolute Gasteiger partial charge is 0.351 e. The molecule has 0 aliphatic heterocycles. The van der Waals surface area contributed by atoms with E-state index in [9.17, 15) is 10.1 Å². The quantitative estimate of drug-likeness (QED) is 0.398. The van der Waals surface area contributed by atoms with E-state index in [1.165, 1.54) is 0 Å². The van der Waals surface area contributed by atoms with E-state index in [0.29, 0.717) is 12.0 Å². The van der Waals surface area contributed by atoms with Crippen molar-refractivity contribution >= 4 is 11.5 Å². The monoisotopic (exact) mass is 306 g/mol. The summed E-state index contributed by atoms with van der Waals surface area (Å²) >= 11 is 0. The lowest BCUT2D eigenvalue weighted by Gasteiger charge is -2.14. The van der Waals surface area contributed by atoms with Gasteiger partial charge in [0.15, 0.2) is 6.23 Å².